The molecule has 0 bridgehead atoms. The SMILES string of the molecule is CC(Cl)c1nnc(NC(C)c2ccccc2)o1. The molecule has 4 nitrogen and oxygen atoms in total. The molecule has 1 aromatic carbocycles. The van der Waals surface area contributed by atoms with Crippen LogP contribution < -0.4 is 5.32 Å². The number of hydrogen-bond donors (Lipinski definition) is 1. The van der Waals surface area contributed by atoms with Gasteiger partial charge in [0.05, 0.1) is 6.04 Å². The molecular weight excluding hydrogens is 238 g/mol. The summed E-state index contributed by atoms with van der Waals surface area (Å²) < 4.78 is 5.37. The lowest BCUT2D eigenvalue weighted by Gasteiger charge is -2.11. The van der Waals surface area contributed by atoms with Crippen LogP contribution in [0.3, 0.4) is 0 Å². The topological polar surface area (TPSA) is 51.0 Å². The molecule has 1 aromatic heterocycles. The molecule has 0 fully saturated rings. The van der Waals surface area contributed by atoms with Gasteiger partial charge >= 0.3 is 6.01 Å². The fourth-order valence-electron chi connectivity index (χ4n) is 1.46. The van der Waals surface area contributed by atoms with Gasteiger partial charge in [0.1, 0.15) is 5.38 Å². The van der Waals surface area contributed by atoms with Crippen molar-refractivity contribution in [3.05, 3.63) is 41.8 Å². The van der Waals surface area contributed by atoms with Gasteiger partial charge in [-0.2, -0.15) is 0 Å². The highest BCUT2D eigenvalue weighted by Gasteiger charge is 2.13. The zero-order chi connectivity index (χ0) is 12.3. The molecule has 2 atom stereocenters. The van der Waals surface area contributed by atoms with Crippen LogP contribution in [0.25, 0.3) is 0 Å². The Hall–Kier alpha value is -1.55. The molecule has 2 unspecified atom stereocenters. The predicted molar refractivity (Wildman–Crippen MR) is 67.0 cm³/mol. The van der Waals surface area contributed by atoms with Gasteiger partial charge in [0.15, 0.2) is 0 Å². The maximum atomic E-state index is 5.85. The summed E-state index contributed by atoms with van der Waals surface area (Å²) in [5, 5.41) is 10.6. The lowest BCUT2D eigenvalue weighted by molar-refractivity contribution is 0.502. The first-order valence-corrected chi connectivity index (χ1v) is 5.89. The van der Waals surface area contributed by atoms with E-state index in [0.29, 0.717) is 11.9 Å². The Balaban J connectivity index is 2.05. The minimum absolute atomic E-state index is 0.107. The van der Waals surface area contributed by atoms with E-state index in [1.165, 1.54) is 0 Å². The maximum absolute atomic E-state index is 5.85. The van der Waals surface area contributed by atoms with Crippen molar-refractivity contribution in [2.45, 2.75) is 25.3 Å². The highest BCUT2D eigenvalue weighted by molar-refractivity contribution is 6.20. The monoisotopic (exact) mass is 251 g/mol. The Morgan fingerprint density at radius 2 is 1.88 bits per heavy atom. The summed E-state index contributed by atoms with van der Waals surface area (Å²) in [5.74, 6) is 0.425. The van der Waals surface area contributed by atoms with E-state index >= 15 is 0 Å². The van der Waals surface area contributed by atoms with Crippen LogP contribution in [0.15, 0.2) is 34.7 Å². The van der Waals surface area contributed by atoms with Crippen LogP contribution in [0.4, 0.5) is 6.01 Å². The van der Waals surface area contributed by atoms with Gasteiger partial charge in [0.25, 0.3) is 0 Å². The van der Waals surface area contributed by atoms with Crippen LogP contribution in [0.2, 0.25) is 0 Å². The normalized spacial score (nSPS) is 14.3. The van der Waals surface area contributed by atoms with Gasteiger partial charge in [0, 0.05) is 0 Å². The summed E-state index contributed by atoms with van der Waals surface area (Å²) in [5.41, 5.74) is 1.16. The second kappa shape index (κ2) is 5.19. The van der Waals surface area contributed by atoms with Gasteiger partial charge in [-0.1, -0.05) is 35.4 Å². The van der Waals surface area contributed by atoms with Gasteiger partial charge < -0.3 is 9.73 Å². The van der Waals surface area contributed by atoms with Gasteiger partial charge in [-0.15, -0.1) is 16.7 Å². The fraction of sp³-hybridized carbons (Fsp3) is 0.333. The zero-order valence-electron chi connectivity index (χ0n) is 9.72. The van der Waals surface area contributed by atoms with E-state index in [1.54, 1.807) is 6.92 Å². The van der Waals surface area contributed by atoms with E-state index in [0.717, 1.165) is 5.56 Å². The van der Waals surface area contributed by atoms with E-state index in [2.05, 4.69) is 15.5 Å². The Bertz CT molecular complexity index is 470. The second-order valence-electron chi connectivity index (χ2n) is 3.84. The second-order valence-corrected chi connectivity index (χ2v) is 4.49. The van der Waals surface area contributed by atoms with Crippen LogP contribution in [0.5, 0.6) is 0 Å². The Labute approximate surface area is 105 Å². The summed E-state index contributed by atoms with van der Waals surface area (Å²) in [4.78, 5) is 0. The van der Waals surface area contributed by atoms with Crippen LogP contribution in [-0.2, 0) is 0 Å². The van der Waals surface area contributed by atoms with Gasteiger partial charge in [0.2, 0.25) is 5.89 Å². The number of halogens is 1. The molecule has 1 heterocycles. The molecule has 90 valence electrons. The molecular formula is C12H14ClN3O. The number of anilines is 1. The first-order valence-electron chi connectivity index (χ1n) is 5.46. The molecule has 17 heavy (non-hydrogen) atoms. The minimum Gasteiger partial charge on any atom is -0.406 e. The van der Waals surface area contributed by atoms with E-state index in [-0.39, 0.29) is 11.4 Å². The summed E-state index contributed by atoms with van der Waals surface area (Å²) in [7, 11) is 0. The summed E-state index contributed by atoms with van der Waals surface area (Å²) in [6.45, 7) is 3.82. The maximum Gasteiger partial charge on any atom is 0.315 e. The van der Waals surface area contributed by atoms with Crippen molar-refractivity contribution in [1.82, 2.24) is 10.2 Å². The molecule has 0 spiro atoms. The van der Waals surface area contributed by atoms with E-state index in [1.807, 2.05) is 37.3 Å². The van der Waals surface area contributed by atoms with Gasteiger partial charge in [-0.05, 0) is 19.4 Å². The van der Waals surface area contributed by atoms with Crippen LogP contribution in [0.1, 0.15) is 36.7 Å². The van der Waals surface area contributed by atoms with Crippen molar-refractivity contribution in [1.29, 1.82) is 0 Å². The molecule has 2 rings (SSSR count). The van der Waals surface area contributed by atoms with Crippen molar-refractivity contribution in [2.75, 3.05) is 5.32 Å². The number of aromatic nitrogens is 2. The average molecular weight is 252 g/mol. The van der Waals surface area contributed by atoms with Crippen LogP contribution >= 0.6 is 11.6 Å². The molecule has 1 N–H and O–H groups in total. The van der Waals surface area contributed by atoms with Crippen LogP contribution in [0, 0.1) is 0 Å². The number of hydrogen-bond acceptors (Lipinski definition) is 4. The van der Waals surface area contributed by atoms with Crippen molar-refractivity contribution in [3.8, 4) is 0 Å². The van der Waals surface area contributed by atoms with Crippen LogP contribution in [-0.4, -0.2) is 10.2 Å². The van der Waals surface area contributed by atoms with E-state index < -0.39 is 0 Å². The third-order valence-electron chi connectivity index (χ3n) is 2.42. The average Bonchev–Trinajstić information content (AvgIpc) is 2.79. The minimum atomic E-state index is -0.273. The molecule has 0 saturated carbocycles. The number of benzene rings is 1. The Morgan fingerprint density at radius 3 is 2.47 bits per heavy atom. The quantitative estimate of drug-likeness (QED) is 0.845. The fourth-order valence-corrected chi connectivity index (χ4v) is 1.55. The number of alkyl halides is 1. The van der Waals surface area contributed by atoms with E-state index in [9.17, 15) is 0 Å². The van der Waals surface area contributed by atoms with Gasteiger partial charge in [-0.3, -0.25) is 0 Å². The summed E-state index contributed by atoms with van der Waals surface area (Å²) in [6.07, 6.45) is 0. The Kier molecular flexibility index (Phi) is 3.64. The zero-order valence-corrected chi connectivity index (χ0v) is 10.5. The molecule has 0 aliphatic heterocycles. The van der Waals surface area contributed by atoms with E-state index in [4.69, 9.17) is 16.0 Å². The highest BCUT2D eigenvalue weighted by Crippen LogP contribution is 2.22. The first kappa shape index (κ1) is 11.9. The van der Waals surface area contributed by atoms with Crippen molar-refractivity contribution < 1.29 is 4.42 Å². The summed E-state index contributed by atoms with van der Waals surface area (Å²) >= 11 is 5.85. The molecule has 0 aliphatic carbocycles. The molecule has 0 amide bonds. The van der Waals surface area contributed by atoms with Crippen molar-refractivity contribution >= 4 is 17.6 Å². The number of nitrogens with one attached hydrogen (secondary N) is 1. The molecule has 0 saturated heterocycles. The number of rotatable bonds is 4. The molecule has 2 aromatic rings. The third-order valence-corrected chi connectivity index (χ3v) is 2.61. The van der Waals surface area contributed by atoms with Crippen molar-refractivity contribution in [3.63, 3.8) is 0 Å². The highest BCUT2D eigenvalue weighted by atomic mass is 35.5. The molecule has 0 aliphatic rings. The first-order chi connectivity index (χ1) is 8.16. The Morgan fingerprint density at radius 1 is 1.18 bits per heavy atom. The standard InChI is InChI=1S/C12H14ClN3O/c1-8(13)11-15-16-12(17-11)14-9(2)10-6-4-3-5-7-10/h3-9H,1-2H3,(H,14,16). The molecule has 0 radical (unpaired) electrons. The van der Waals surface area contributed by atoms with Crippen molar-refractivity contribution in [2.24, 2.45) is 0 Å². The predicted octanol–water partition coefficient (Wildman–Crippen LogP) is 3.54. The third kappa shape index (κ3) is 2.97. The lowest BCUT2D eigenvalue weighted by atomic mass is 10.1. The smallest absolute Gasteiger partial charge is 0.315 e. The lowest BCUT2D eigenvalue weighted by Crippen LogP contribution is -2.06. The molecule has 5 heteroatoms. The summed E-state index contributed by atoms with van der Waals surface area (Å²) in [6, 6.07) is 10.6. The largest absolute Gasteiger partial charge is 0.406 e. The van der Waals surface area contributed by atoms with Gasteiger partial charge in [-0.25, -0.2) is 0 Å². The number of nitrogens with zero attached hydrogens (tertiary/aromatic N) is 2.